The number of hydrogen-bond acceptors (Lipinski definition) is 3. The molecule has 1 aliphatic rings. The quantitative estimate of drug-likeness (QED) is 0.606. The predicted molar refractivity (Wildman–Crippen MR) is 104 cm³/mol. The third-order valence-corrected chi connectivity index (χ3v) is 5.59. The summed E-state index contributed by atoms with van der Waals surface area (Å²) in [4.78, 5) is 25.5. The van der Waals surface area contributed by atoms with Gasteiger partial charge < -0.3 is 14.4 Å². The van der Waals surface area contributed by atoms with Crippen molar-refractivity contribution in [1.82, 2.24) is 4.90 Å². The van der Waals surface area contributed by atoms with Crippen molar-refractivity contribution in [1.29, 1.82) is 0 Å². The van der Waals surface area contributed by atoms with Crippen LogP contribution in [0.4, 0.5) is 4.79 Å². The Hall–Kier alpha value is -2.14. The number of rotatable bonds is 6. The van der Waals surface area contributed by atoms with Crippen molar-refractivity contribution in [3.8, 4) is 0 Å². The Morgan fingerprint density at radius 2 is 1.88 bits per heavy atom. The Kier molecular flexibility index (Phi) is 5.77. The fourth-order valence-corrected chi connectivity index (χ4v) is 3.76. The smallest absolute Gasteiger partial charge is 0.411 e. The molecule has 1 saturated heterocycles. The molecular weight excluding hydrogens is 394 g/mol. The Labute approximate surface area is 162 Å². The van der Waals surface area contributed by atoms with Crippen LogP contribution in [0, 0.1) is 0 Å². The minimum Gasteiger partial charge on any atom is -0.438 e. The Balaban J connectivity index is 1.81. The molecule has 1 heterocycles. The molecule has 0 N–H and O–H groups in total. The van der Waals surface area contributed by atoms with Crippen LogP contribution in [0.25, 0.3) is 0 Å². The maximum absolute atomic E-state index is 12.8. The number of cyclic esters (lactones) is 1. The average Bonchev–Trinajstić information content (AvgIpc) is 2.67. The van der Waals surface area contributed by atoms with Gasteiger partial charge in [0.1, 0.15) is 11.9 Å². The molecule has 2 atom stereocenters. The number of amides is 1. The van der Waals surface area contributed by atoms with E-state index in [1.54, 1.807) is 4.90 Å². The molecule has 26 heavy (non-hydrogen) atoms. The summed E-state index contributed by atoms with van der Waals surface area (Å²) in [5.41, 5.74) is 1.28. The molecule has 1 amide bonds. The van der Waals surface area contributed by atoms with Gasteiger partial charge in [-0.3, -0.25) is 0 Å². The lowest BCUT2D eigenvalue weighted by Crippen LogP contribution is -2.48. The summed E-state index contributed by atoms with van der Waals surface area (Å²) in [6.45, 7) is 2.59. The first-order valence-corrected chi connectivity index (χ1v) is 9.59. The van der Waals surface area contributed by atoms with Crippen LogP contribution in [0.3, 0.4) is 0 Å². The molecule has 0 spiro atoms. The van der Waals surface area contributed by atoms with Crippen LogP contribution in [0.2, 0.25) is 0 Å². The van der Waals surface area contributed by atoms with Crippen LogP contribution >= 0.6 is 15.9 Å². The highest BCUT2D eigenvalue weighted by Crippen LogP contribution is 2.40. The van der Waals surface area contributed by atoms with E-state index >= 15 is 0 Å². The number of hydrogen-bond donors (Lipinski definition) is 0. The number of nitrogens with zero attached hydrogens (tertiary/aromatic N) is 1. The first-order valence-electron chi connectivity index (χ1n) is 8.80. The van der Waals surface area contributed by atoms with Gasteiger partial charge in [-0.2, -0.15) is 0 Å². The van der Waals surface area contributed by atoms with Gasteiger partial charge in [0.05, 0.1) is 6.04 Å². The maximum atomic E-state index is 12.8. The fourth-order valence-electron chi connectivity index (χ4n) is 3.50. The van der Waals surface area contributed by atoms with E-state index in [0.717, 1.165) is 21.9 Å². The third-order valence-electron chi connectivity index (χ3n) is 5.06. The molecule has 3 rings (SSSR count). The van der Waals surface area contributed by atoms with Crippen LogP contribution in [-0.2, 0) is 15.1 Å². The van der Waals surface area contributed by atoms with Crippen LogP contribution < -0.4 is 0 Å². The highest BCUT2D eigenvalue weighted by Gasteiger charge is 2.43. The standard InChI is InChI=1S/C21H22BrNO3/c1-16(17-8-10-19(22)11-9-17)23-14-13-21(12-5-15-24,26-20(23)25)18-6-3-2-4-7-18/h2-4,6-11,15-16H,5,12-14H2,1H3/t16-,21-/m0/s1. The summed E-state index contributed by atoms with van der Waals surface area (Å²) in [5, 5.41) is 0. The zero-order valence-corrected chi connectivity index (χ0v) is 16.3. The highest BCUT2D eigenvalue weighted by molar-refractivity contribution is 9.10. The van der Waals surface area contributed by atoms with E-state index in [1.165, 1.54) is 0 Å². The fraction of sp³-hybridized carbons (Fsp3) is 0.333. The third kappa shape index (κ3) is 3.83. The summed E-state index contributed by atoms with van der Waals surface area (Å²) in [6.07, 6.45) is 2.09. The van der Waals surface area contributed by atoms with Crippen molar-refractivity contribution in [3.63, 3.8) is 0 Å². The van der Waals surface area contributed by atoms with Gasteiger partial charge in [-0.25, -0.2) is 4.79 Å². The first kappa shape index (κ1) is 18.6. The van der Waals surface area contributed by atoms with Gasteiger partial charge >= 0.3 is 6.09 Å². The van der Waals surface area contributed by atoms with Gasteiger partial charge in [0.25, 0.3) is 0 Å². The SMILES string of the molecule is C[C@@H](c1ccc(Br)cc1)N1CC[C@@](CCC=O)(c2ccccc2)OC1=O. The minimum atomic E-state index is -0.727. The van der Waals surface area contributed by atoms with Crippen molar-refractivity contribution < 1.29 is 14.3 Å². The summed E-state index contributed by atoms with van der Waals surface area (Å²) in [5.74, 6) is 0. The zero-order chi connectivity index (χ0) is 18.6. The van der Waals surface area contributed by atoms with E-state index < -0.39 is 5.60 Å². The summed E-state index contributed by atoms with van der Waals surface area (Å²) in [7, 11) is 0. The second-order valence-corrected chi connectivity index (χ2v) is 7.52. The lowest BCUT2D eigenvalue weighted by atomic mass is 9.84. The van der Waals surface area contributed by atoms with Crippen molar-refractivity contribution in [2.75, 3.05) is 6.54 Å². The number of benzene rings is 2. The van der Waals surface area contributed by atoms with E-state index in [9.17, 15) is 9.59 Å². The summed E-state index contributed by atoms with van der Waals surface area (Å²) >= 11 is 3.43. The second-order valence-electron chi connectivity index (χ2n) is 6.60. The van der Waals surface area contributed by atoms with E-state index in [-0.39, 0.29) is 12.1 Å². The van der Waals surface area contributed by atoms with E-state index in [1.807, 2.05) is 61.5 Å². The molecule has 0 bridgehead atoms. The van der Waals surface area contributed by atoms with Gasteiger partial charge in [-0.05, 0) is 36.6 Å². The second kappa shape index (κ2) is 8.04. The largest absolute Gasteiger partial charge is 0.438 e. The van der Waals surface area contributed by atoms with Crippen molar-refractivity contribution in [3.05, 3.63) is 70.2 Å². The zero-order valence-electron chi connectivity index (χ0n) is 14.7. The molecule has 136 valence electrons. The highest BCUT2D eigenvalue weighted by atomic mass is 79.9. The van der Waals surface area contributed by atoms with Crippen LogP contribution in [-0.4, -0.2) is 23.8 Å². The molecule has 1 fully saturated rings. The first-order chi connectivity index (χ1) is 12.6. The normalized spacial score (nSPS) is 21.2. The Morgan fingerprint density at radius 3 is 2.50 bits per heavy atom. The number of aldehydes is 1. The molecular formula is C21H22BrNO3. The molecule has 5 heteroatoms. The molecule has 0 radical (unpaired) electrons. The molecule has 0 aromatic heterocycles. The molecule has 0 aliphatic carbocycles. The minimum absolute atomic E-state index is 0.0737. The van der Waals surface area contributed by atoms with Crippen molar-refractivity contribution >= 4 is 28.3 Å². The number of carbonyl (C=O) groups is 2. The Morgan fingerprint density at radius 1 is 1.19 bits per heavy atom. The molecule has 2 aromatic rings. The molecule has 0 saturated carbocycles. The predicted octanol–water partition coefficient (Wildman–Crippen LogP) is 5.23. The van der Waals surface area contributed by atoms with E-state index in [4.69, 9.17) is 4.74 Å². The molecule has 0 unspecified atom stereocenters. The van der Waals surface area contributed by atoms with Gasteiger partial charge in [0, 0.05) is 23.9 Å². The molecule has 2 aromatic carbocycles. The van der Waals surface area contributed by atoms with Crippen LogP contribution in [0.15, 0.2) is 59.1 Å². The average molecular weight is 416 g/mol. The maximum Gasteiger partial charge on any atom is 0.411 e. The molecule has 4 nitrogen and oxygen atoms in total. The van der Waals surface area contributed by atoms with Crippen molar-refractivity contribution in [2.24, 2.45) is 0 Å². The lowest BCUT2D eigenvalue weighted by molar-refractivity contribution is -0.111. The van der Waals surface area contributed by atoms with E-state index in [0.29, 0.717) is 25.8 Å². The summed E-state index contributed by atoms with van der Waals surface area (Å²) in [6, 6.07) is 17.6. The number of ether oxygens (including phenoxy) is 1. The van der Waals surface area contributed by atoms with Gasteiger partial charge in [0.15, 0.2) is 0 Å². The van der Waals surface area contributed by atoms with Crippen LogP contribution in [0.1, 0.15) is 43.4 Å². The summed E-state index contributed by atoms with van der Waals surface area (Å²) < 4.78 is 6.97. The monoisotopic (exact) mass is 415 g/mol. The van der Waals surface area contributed by atoms with E-state index in [2.05, 4.69) is 15.9 Å². The Bertz CT molecular complexity index is 763. The van der Waals surface area contributed by atoms with Gasteiger partial charge in [-0.1, -0.05) is 58.4 Å². The molecule has 1 aliphatic heterocycles. The van der Waals surface area contributed by atoms with Crippen LogP contribution in [0.5, 0.6) is 0 Å². The number of halogens is 1. The van der Waals surface area contributed by atoms with Crippen molar-refractivity contribution in [2.45, 2.75) is 37.8 Å². The topological polar surface area (TPSA) is 46.6 Å². The van der Waals surface area contributed by atoms with Gasteiger partial charge in [-0.15, -0.1) is 0 Å². The lowest BCUT2D eigenvalue weighted by Gasteiger charge is -2.43. The van der Waals surface area contributed by atoms with Gasteiger partial charge in [0.2, 0.25) is 0 Å². The number of carbonyl (C=O) groups excluding carboxylic acids is 2.